The van der Waals surface area contributed by atoms with Crippen molar-refractivity contribution in [1.29, 1.82) is 0 Å². The Hall–Kier alpha value is -0.900. The zero-order valence-corrected chi connectivity index (χ0v) is 11.2. The van der Waals surface area contributed by atoms with Crippen LogP contribution in [0.1, 0.15) is 30.9 Å². The van der Waals surface area contributed by atoms with Crippen LogP contribution in [-0.4, -0.2) is 18.3 Å². The summed E-state index contributed by atoms with van der Waals surface area (Å²) in [4.78, 5) is 0. The molecule has 2 nitrogen and oxygen atoms in total. The summed E-state index contributed by atoms with van der Waals surface area (Å²) in [5.74, 6) is 0.604. The van der Waals surface area contributed by atoms with Gasteiger partial charge in [0.25, 0.3) is 0 Å². The van der Waals surface area contributed by atoms with Crippen LogP contribution in [0.15, 0.2) is 29.6 Å². The molecule has 0 aliphatic carbocycles. The van der Waals surface area contributed by atoms with Gasteiger partial charge in [-0.3, -0.25) is 0 Å². The summed E-state index contributed by atoms with van der Waals surface area (Å²) in [5, 5.41) is 13.7. The second-order valence-corrected chi connectivity index (χ2v) is 5.91. The van der Waals surface area contributed by atoms with Gasteiger partial charge in [-0.15, -0.1) is 11.3 Å². The van der Waals surface area contributed by atoms with Crippen LogP contribution in [0.5, 0.6) is 0 Å². The van der Waals surface area contributed by atoms with Gasteiger partial charge in [0.05, 0.1) is 6.10 Å². The molecule has 1 saturated heterocycles. The van der Waals surface area contributed by atoms with Crippen LogP contribution in [0.4, 0.5) is 0 Å². The lowest BCUT2D eigenvalue weighted by molar-refractivity contribution is 0.0438. The molecule has 0 bridgehead atoms. The Morgan fingerprint density at radius 2 is 2.06 bits per heavy atom. The van der Waals surface area contributed by atoms with Gasteiger partial charge < -0.3 is 9.84 Å². The van der Waals surface area contributed by atoms with Gasteiger partial charge in [-0.2, -0.15) is 0 Å². The number of thiophene rings is 1. The Kier molecular flexibility index (Phi) is 3.64. The van der Waals surface area contributed by atoms with E-state index in [-0.39, 0.29) is 6.10 Å². The molecule has 18 heavy (non-hydrogen) atoms. The van der Waals surface area contributed by atoms with Gasteiger partial charge in [0.1, 0.15) is 0 Å². The smallest absolute Gasteiger partial charge is 0.0806 e. The Bertz CT molecular complexity index is 514. The molecule has 1 aliphatic rings. The zero-order chi connectivity index (χ0) is 12.4. The van der Waals surface area contributed by atoms with Crippen LogP contribution < -0.4 is 0 Å². The van der Waals surface area contributed by atoms with E-state index in [2.05, 4.69) is 17.5 Å². The van der Waals surface area contributed by atoms with E-state index in [1.807, 2.05) is 12.1 Å². The van der Waals surface area contributed by atoms with Gasteiger partial charge in [-0.25, -0.2) is 0 Å². The van der Waals surface area contributed by atoms with E-state index < -0.39 is 0 Å². The van der Waals surface area contributed by atoms with Crippen LogP contribution in [-0.2, 0) is 4.74 Å². The maximum absolute atomic E-state index is 10.4. The van der Waals surface area contributed by atoms with Crippen molar-refractivity contribution in [3.8, 4) is 0 Å². The Labute approximate surface area is 111 Å². The first kappa shape index (κ1) is 12.2. The molecule has 3 rings (SSSR count). The van der Waals surface area contributed by atoms with E-state index in [1.54, 1.807) is 11.3 Å². The number of fused-ring (bicyclic) bond motifs is 1. The highest BCUT2D eigenvalue weighted by atomic mass is 32.1. The number of ether oxygens (including phenoxy) is 1. The lowest BCUT2D eigenvalue weighted by atomic mass is 9.91. The lowest BCUT2D eigenvalue weighted by Gasteiger charge is -2.24. The van der Waals surface area contributed by atoms with Crippen LogP contribution in [0, 0.1) is 5.92 Å². The fourth-order valence-corrected chi connectivity index (χ4v) is 3.69. The van der Waals surface area contributed by atoms with Gasteiger partial charge in [0.15, 0.2) is 0 Å². The van der Waals surface area contributed by atoms with Crippen molar-refractivity contribution in [1.82, 2.24) is 0 Å². The highest BCUT2D eigenvalue weighted by Crippen LogP contribution is 2.34. The summed E-state index contributed by atoms with van der Waals surface area (Å²) in [6.45, 7) is 1.70. The average molecular weight is 262 g/mol. The first-order chi connectivity index (χ1) is 8.84. The summed E-state index contributed by atoms with van der Waals surface area (Å²) in [5.41, 5.74) is 1.10. The molecule has 1 fully saturated rings. The molecule has 1 aliphatic heterocycles. The predicted octanol–water partition coefficient (Wildman–Crippen LogP) is 3.75. The van der Waals surface area contributed by atoms with E-state index >= 15 is 0 Å². The SMILES string of the molecule is OC(CC1CCOCC1)c1csc2ccccc12. The molecule has 0 spiro atoms. The fraction of sp³-hybridized carbons (Fsp3) is 0.467. The minimum absolute atomic E-state index is 0.329. The van der Waals surface area contributed by atoms with E-state index in [9.17, 15) is 5.11 Å². The van der Waals surface area contributed by atoms with Crippen molar-refractivity contribution in [2.75, 3.05) is 13.2 Å². The quantitative estimate of drug-likeness (QED) is 0.912. The van der Waals surface area contributed by atoms with E-state index in [0.717, 1.165) is 38.0 Å². The van der Waals surface area contributed by atoms with Crippen LogP contribution in [0.2, 0.25) is 0 Å². The van der Waals surface area contributed by atoms with Crippen LogP contribution in [0.3, 0.4) is 0 Å². The molecule has 0 amide bonds. The topological polar surface area (TPSA) is 29.5 Å². The average Bonchev–Trinajstić information content (AvgIpc) is 2.84. The third-order valence-corrected chi connectivity index (χ3v) is 4.75. The van der Waals surface area contributed by atoms with E-state index in [4.69, 9.17) is 4.74 Å². The zero-order valence-electron chi connectivity index (χ0n) is 10.3. The Morgan fingerprint density at radius 1 is 1.28 bits per heavy atom. The van der Waals surface area contributed by atoms with Gasteiger partial charge in [-0.1, -0.05) is 18.2 Å². The van der Waals surface area contributed by atoms with Crippen molar-refractivity contribution in [3.63, 3.8) is 0 Å². The molecule has 3 heteroatoms. The highest BCUT2D eigenvalue weighted by molar-refractivity contribution is 7.17. The third kappa shape index (κ3) is 2.44. The number of benzene rings is 1. The maximum atomic E-state index is 10.4. The van der Waals surface area contributed by atoms with Gasteiger partial charge in [-0.05, 0) is 47.6 Å². The molecule has 1 aromatic carbocycles. The summed E-state index contributed by atoms with van der Waals surface area (Å²) in [6.07, 6.45) is 2.70. The van der Waals surface area contributed by atoms with E-state index in [1.165, 1.54) is 10.1 Å². The molecule has 1 aromatic heterocycles. The first-order valence-electron chi connectivity index (χ1n) is 6.56. The standard InChI is InChI=1S/C15H18O2S/c16-14(9-11-5-7-17-8-6-11)13-10-18-15-4-2-1-3-12(13)15/h1-4,10-11,14,16H,5-9H2. The van der Waals surface area contributed by atoms with Crippen molar-refractivity contribution < 1.29 is 9.84 Å². The number of aliphatic hydroxyl groups is 1. The fourth-order valence-electron chi connectivity index (χ4n) is 2.68. The Morgan fingerprint density at radius 3 is 2.89 bits per heavy atom. The molecular weight excluding hydrogens is 244 g/mol. The minimum atomic E-state index is -0.329. The number of rotatable bonds is 3. The normalized spacial score (nSPS) is 19.2. The summed E-state index contributed by atoms with van der Waals surface area (Å²) >= 11 is 1.72. The van der Waals surface area contributed by atoms with E-state index in [0.29, 0.717) is 5.92 Å². The molecule has 1 atom stereocenters. The number of hydrogen-bond donors (Lipinski definition) is 1. The van der Waals surface area contributed by atoms with Crippen molar-refractivity contribution in [2.24, 2.45) is 5.92 Å². The summed E-state index contributed by atoms with van der Waals surface area (Å²) in [7, 11) is 0. The molecule has 2 aromatic rings. The molecule has 1 N–H and O–H groups in total. The molecular formula is C15H18O2S. The number of aliphatic hydroxyl groups excluding tert-OH is 1. The maximum Gasteiger partial charge on any atom is 0.0806 e. The van der Waals surface area contributed by atoms with Gasteiger partial charge >= 0.3 is 0 Å². The van der Waals surface area contributed by atoms with Gasteiger partial charge in [0.2, 0.25) is 0 Å². The molecule has 2 heterocycles. The molecule has 1 unspecified atom stereocenters. The molecule has 96 valence electrons. The third-order valence-electron chi connectivity index (χ3n) is 3.77. The summed E-state index contributed by atoms with van der Waals surface area (Å²) < 4.78 is 6.63. The summed E-state index contributed by atoms with van der Waals surface area (Å²) in [6, 6.07) is 8.31. The number of hydrogen-bond acceptors (Lipinski definition) is 3. The van der Waals surface area contributed by atoms with Crippen LogP contribution >= 0.6 is 11.3 Å². The monoisotopic (exact) mass is 262 g/mol. The second-order valence-electron chi connectivity index (χ2n) is 4.99. The first-order valence-corrected chi connectivity index (χ1v) is 7.44. The molecule has 0 radical (unpaired) electrons. The second kappa shape index (κ2) is 5.39. The predicted molar refractivity (Wildman–Crippen MR) is 74.9 cm³/mol. The highest BCUT2D eigenvalue weighted by Gasteiger charge is 2.20. The van der Waals surface area contributed by atoms with Crippen LogP contribution in [0.25, 0.3) is 10.1 Å². The van der Waals surface area contributed by atoms with Crippen molar-refractivity contribution >= 4 is 21.4 Å². The van der Waals surface area contributed by atoms with Gasteiger partial charge in [0, 0.05) is 17.9 Å². The molecule has 0 saturated carbocycles. The minimum Gasteiger partial charge on any atom is -0.388 e. The van der Waals surface area contributed by atoms with Crippen molar-refractivity contribution in [3.05, 3.63) is 35.2 Å². The lowest BCUT2D eigenvalue weighted by Crippen LogP contribution is -2.17. The van der Waals surface area contributed by atoms with Crippen molar-refractivity contribution in [2.45, 2.75) is 25.4 Å². The Balaban J connectivity index is 1.76. The largest absolute Gasteiger partial charge is 0.388 e.